The summed E-state index contributed by atoms with van der Waals surface area (Å²) in [7, 11) is 0. The summed E-state index contributed by atoms with van der Waals surface area (Å²) in [5, 5.41) is 21.2. The standard InChI is InChI=1S/C16H19N3O6S/c1-7(2)5-25-16(24)12-8(3)11-13(17-6-18-14(11)26-12)19-9(15(22)23)4-10(20)21/h6-7,9H,4-5H2,1-3H3,(H,20,21)(H,22,23)(H,17,18,19). The number of carboxylic acid groups (broad SMARTS) is 2. The number of nitrogens with one attached hydrogen (secondary N) is 1. The molecule has 3 N–H and O–H groups in total. The van der Waals surface area contributed by atoms with Crippen molar-refractivity contribution in [2.45, 2.75) is 33.2 Å². The maximum absolute atomic E-state index is 12.3. The number of hydrogen-bond acceptors (Lipinski definition) is 8. The molecule has 2 aromatic heterocycles. The summed E-state index contributed by atoms with van der Waals surface area (Å²) >= 11 is 1.12. The monoisotopic (exact) mass is 381 g/mol. The maximum Gasteiger partial charge on any atom is 0.348 e. The van der Waals surface area contributed by atoms with E-state index in [-0.39, 0.29) is 18.3 Å². The van der Waals surface area contributed by atoms with Gasteiger partial charge in [-0.2, -0.15) is 0 Å². The molecule has 0 aliphatic carbocycles. The summed E-state index contributed by atoms with van der Waals surface area (Å²) in [5.41, 5.74) is 0.557. The Morgan fingerprint density at radius 1 is 1.27 bits per heavy atom. The highest BCUT2D eigenvalue weighted by Crippen LogP contribution is 2.34. The zero-order valence-electron chi connectivity index (χ0n) is 14.5. The Labute approximate surface area is 153 Å². The number of fused-ring (bicyclic) bond motifs is 1. The van der Waals surface area contributed by atoms with Gasteiger partial charge in [-0.15, -0.1) is 11.3 Å². The largest absolute Gasteiger partial charge is 0.481 e. The quantitative estimate of drug-likeness (QED) is 0.587. The van der Waals surface area contributed by atoms with Gasteiger partial charge in [0.1, 0.15) is 27.9 Å². The lowest BCUT2D eigenvalue weighted by atomic mass is 10.1. The summed E-state index contributed by atoms with van der Waals surface area (Å²) in [6.45, 7) is 5.81. The Morgan fingerprint density at radius 2 is 1.96 bits per heavy atom. The molecular weight excluding hydrogens is 362 g/mol. The number of hydrogen-bond donors (Lipinski definition) is 3. The summed E-state index contributed by atoms with van der Waals surface area (Å²) in [6.07, 6.45) is 0.608. The van der Waals surface area contributed by atoms with Crippen molar-refractivity contribution >= 4 is 45.3 Å². The molecule has 10 heteroatoms. The first kappa shape index (κ1) is 19.6. The van der Waals surface area contributed by atoms with Crippen LogP contribution in [-0.4, -0.2) is 50.7 Å². The van der Waals surface area contributed by atoms with Crippen LogP contribution < -0.4 is 5.32 Å². The highest BCUT2D eigenvalue weighted by Gasteiger charge is 2.25. The number of anilines is 1. The molecule has 1 atom stereocenters. The van der Waals surface area contributed by atoms with E-state index in [0.29, 0.717) is 20.7 Å². The lowest BCUT2D eigenvalue weighted by Gasteiger charge is -2.13. The fourth-order valence-corrected chi connectivity index (χ4v) is 3.27. The van der Waals surface area contributed by atoms with Crippen LogP contribution in [0.2, 0.25) is 0 Å². The SMILES string of the molecule is Cc1c(C(=O)OCC(C)C)sc2ncnc(NC(CC(=O)O)C(=O)O)c12. The van der Waals surface area contributed by atoms with E-state index in [4.69, 9.17) is 9.84 Å². The van der Waals surface area contributed by atoms with E-state index in [1.807, 2.05) is 13.8 Å². The minimum Gasteiger partial charge on any atom is -0.481 e. The molecule has 0 saturated carbocycles. The Hall–Kier alpha value is -2.75. The molecule has 2 heterocycles. The van der Waals surface area contributed by atoms with Crippen LogP contribution in [0.3, 0.4) is 0 Å². The molecule has 1 unspecified atom stereocenters. The van der Waals surface area contributed by atoms with Crippen LogP contribution in [0, 0.1) is 12.8 Å². The number of ether oxygens (including phenoxy) is 1. The predicted molar refractivity (Wildman–Crippen MR) is 94.6 cm³/mol. The summed E-state index contributed by atoms with van der Waals surface area (Å²) < 4.78 is 5.24. The lowest BCUT2D eigenvalue weighted by Crippen LogP contribution is -2.32. The van der Waals surface area contributed by atoms with Crippen LogP contribution in [0.15, 0.2) is 6.33 Å². The topological polar surface area (TPSA) is 139 Å². The van der Waals surface area contributed by atoms with E-state index in [1.165, 1.54) is 6.33 Å². The first-order valence-electron chi connectivity index (χ1n) is 7.83. The van der Waals surface area contributed by atoms with Gasteiger partial charge in [0, 0.05) is 0 Å². The van der Waals surface area contributed by atoms with E-state index in [0.717, 1.165) is 11.3 Å². The van der Waals surface area contributed by atoms with Crippen LogP contribution in [0.5, 0.6) is 0 Å². The second-order valence-electron chi connectivity index (χ2n) is 6.08. The van der Waals surface area contributed by atoms with E-state index >= 15 is 0 Å². The van der Waals surface area contributed by atoms with Gasteiger partial charge in [0.25, 0.3) is 0 Å². The molecule has 9 nitrogen and oxygen atoms in total. The van der Waals surface area contributed by atoms with Crippen LogP contribution in [0.25, 0.3) is 10.2 Å². The van der Waals surface area contributed by atoms with Crippen molar-refractivity contribution in [3.63, 3.8) is 0 Å². The zero-order valence-corrected chi connectivity index (χ0v) is 15.3. The van der Waals surface area contributed by atoms with Crippen molar-refractivity contribution in [3.05, 3.63) is 16.8 Å². The van der Waals surface area contributed by atoms with Crippen molar-refractivity contribution in [1.82, 2.24) is 9.97 Å². The normalized spacial score (nSPS) is 12.2. The fourth-order valence-electron chi connectivity index (χ4n) is 2.22. The van der Waals surface area contributed by atoms with Crippen LogP contribution in [0.1, 0.15) is 35.5 Å². The number of aliphatic carboxylic acids is 2. The highest BCUT2D eigenvalue weighted by molar-refractivity contribution is 7.20. The number of aryl methyl sites for hydroxylation is 1. The van der Waals surface area contributed by atoms with Crippen molar-refractivity contribution < 1.29 is 29.3 Å². The third-order valence-corrected chi connectivity index (χ3v) is 4.63. The van der Waals surface area contributed by atoms with Gasteiger partial charge in [-0.3, -0.25) is 4.79 Å². The van der Waals surface area contributed by atoms with E-state index in [9.17, 15) is 19.5 Å². The van der Waals surface area contributed by atoms with Gasteiger partial charge in [-0.05, 0) is 18.4 Å². The zero-order chi connectivity index (χ0) is 19.4. The maximum atomic E-state index is 12.3. The first-order valence-corrected chi connectivity index (χ1v) is 8.64. The third-order valence-electron chi connectivity index (χ3n) is 3.45. The second-order valence-corrected chi connectivity index (χ2v) is 7.08. The van der Waals surface area contributed by atoms with Crippen LogP contribution in [0.4, 0.5) is 5.82 Å². The van der Waals surface area contributed by atoms with Gasteiger partial charge in [0.2, 0.25) is 0 Å². The minimum absolute atomic E-state index is 0.167. The van der Waals surface area contributed by atoms with Gasteiger partial charge in [0.15, 0.2) is 0 Å². The second kappa shape index (κ2) is 8.09. The van der Waals surface area contributed by atoms with Crippen molar-refractivity contribution in [1.29, 1.82) is 0 Å². The Bertz CT molecular complexity index is 848. The number of nitrogens with zero attached hydrogens (tertiary/aromatic N) is 2. The molecule has 0 bridgehead atoms. The molecule has 26 heavy (non-hydrogen) atoms. The number of carboxylic acids is 2. The number of carbonyl (C=O) groups excluding carboxylic acids is 1. The molecule has 0 spiro atoms. The average molecular weight is 381 g/mol. The molecule has 0 aliphatic rings. The van der Waals surface area contributed by atoms with Crippen LogP contribution >= 0.6 is 11.3 Å². The minimum atomic E-state index is -1.36. The van der Waals surface area contributed by atoms with Gasteiger partial charge in [-0.25, -0.2) is 19.6 Å². The molecule has 0 aliphatic heterocycles. The average Bonchev–Trinajstić information content (AvgIpc) is 2.89. The highest BCUT2D eigenvalue weighted by atomic mass is 32.1. The molecule has 2 aromatic rings. The summed E-state index contributed by atoms with van der Waals surface area (Å²) in [6, 6.07) is -1.36. The van der Waals surface area contributed by atoms with Gasteiger partial charge < -0.3 is 20.3 Å². The Morgan fingerprint density at radius 3 is 2.54 bits per heavy atom. The van der Waals surface area contributed by atoms with E-state index in [1.54, 1.807) is 6.92 Å². The van der Waals surface area contributed by atoms with Crippen molar-refractivity contribution in [2.75, 3.05) is 11.9 Å². The molecule has 0 radical (unpaired) electrons. The van der Waals surface area contributed by atoms with Crippen molar-refractivity contribution in [2.24, 2.45) is 5.92 Å². The number of thiophene rings is 1. The van der Waals surface area contributed by atoms with Gasteiger partial charge >= 0.3 is 17.9 Å². The molecule has 0 saturated heterocycles. The van der Waals surface area contributed by atoms with Crippen molar-refractivity contribution in [3.8, 4) is 0 Å². The van der Waals surface area contributed by atoms with E-state index < -0.39 is 30.4 Å². The molecule has 0 fully saturated rings. The van der Waals surface area contributed by atoms with Crippen LogP contribution in [-0.2, 0) is 14.3 Å². The Balaban J connectivity index is 2.38. The lowest BCUT2D eigenvalue weighted by molar-refractivity contribution is -0.144. The number of carbonyl (C=O) groups is 3. The number of aromatic nitrogens is 2. The smallest absolute Gasteiger partial charge is 0.348 e. The fraction of sp³-hybridized carbons (Fsp3) is 0.438. The summed E-state index contributed by atoms with van der Waals surface area (Å²) in [4.78, 5) is 43.4. The number of esters is 1. The van der Waals surface area contributed by atoms with E-state index in [2.05, 4.69) is 15.3 Å². The molecule has 140 valence electrons. The van der Waals surface area contributed by atoms with Gasteiger partial charge in [0.05, 0.1) is 18.4 Å². The first-order chi connectivity index (χ1) is 12.2. The summed E-state index contributed by atoms with van der Waals surface area (Å²) in [5.74, 6) is -2.69. The Kier molecular flexibility index (Phi) is 6.09. The third kappa shape index (κ3) is 4.45. The molecular formula is C16H19N3O6S. The molecule has 0 aromatic carbocycles. The predicted octanol–water partition coefficient (Wildman–Crippen LogP) is 2.15. The molecule has 0 amide bonds. The number of rotatable bonds is 8. The molecule has 2 rings (SSSR count). The van der Waals surface area contributed by atoms with Gasteiger partial charge in [-0.1, -0.05) is 13.8 Å².